The lowest BCUT2D eigenvalue weighted by Crippen LogP contribution is -2.02. The molecule has 0 saturated heterocycles. The van der Waals surface area contributed by atoms with Crippen LogP contribution in [0.3, 0.4) is 0 Å². The Balaban J connectivity index is 1.35. The zero-order valence-corrected chi connectivity index (χ0v) is 18.7. The molecule has 6 nitrogen and oxygen atoms in total. The zero-order valence-electron chi connectivity index (χ0n) is 18.7. The first-order valence-corrected chi connectivity index (χ1v) is 10.8. The highest BCUT2D eigenvalue weighted by atomic mass is 16.5. The Morgan fingerprint density at radius 2 is 1.71 bits per heavy atom. The molecule has 34 heavy (non-hydrogen) atoms. The third-order valence-corrected chi connectivity index (χ3v) is 5.23. The van der Waals surface area contributed by atoms with Gasteiger partial charge in [-0.15, -0.1) is 0 Å². The summed E-state index contributed by atoms with van der Waals surface area (Å²) in [5, 5.41) is 1.03. The van der Waals surface area contributed by atoms with E-state index in [1.807, 2.05) is 54.7 Å². The summed E-state index contributed by atoms with van der Waals surface area (Å²) in [5.41, 5.74) is 3.64. The second-order valence-electron chi connectivity index (χ2n) is 7.61. The highest BCUT2D eigenvalue weighted by Crippen LogP contribution is 2.26. The van der Waals surface area contributed by atoms with Crippen LogP contribution in [0.15, 0.2) is 85.3 Å². The van der Waals surface area contributed by atoms with Gasteiger partial charge in [0.05, 0.1) is 13.5 Å². The Hall–Kier alpha value is -4.45. The fourth-order valence-electron chi connectivity index (χ4n) is 3.47. The molecule has 4 rings (SSSR count). The van der Waals surface area contributed by atoms with Gasteiger partial charge in [-0.25, -0.2) is 0 Å². The number of rotatable bonds is 10. The predicted molar refractivity (Wildman–Crippen MR) is 133 cm³/mol. The Morgan fingerprint density at radius 3 is 2.47 bits per heavy atom. The van der Waals surface area contributed by atoms with Gasteiger partial charge in [0.15, 0.2) is 11.6 Å². The van der Waals surface area contributed by atoms with E-state index in [9.17, 15) is 9.59 Å². The van der Waals surface area contributed by atoms with Gasteiger partial charge in [0.2, 0.25) is 0 Å². The van der Waals surface area contributed by atoms with Gasteiger partial charge in [-0.3, -0.25) is 14.6 Å². The van der Waals surface area contributed by atoms with E-state index in [0.29, 0.717) is 23.7 Å². The third-order valence-electron chi connectivity index (χ3n) is 5.23. The molecular formula is C28H24N2O4. The van der Waals surface area contributed by atoms with E-state index in [1.165, 1.54) is 12.2 Å². The van der Waals surface area contributed by atoms with Crippen LogP contribution in [0, 0.1) is 0 Å². The van der Waals surface area contributed by atoms with Crippen molar-refractivity contribution in [2.75, 3.05) is 7.11 Å². The summed E-state index contributed by atoms with van der Waals surface area (Å²) in [6.45, 7) is 0.410. The molecule has 6 heteroatoms. The van der Waals surface area contributed by atoms with Crippen LogP contribution in [0.4, 0.5) is 0 Å². The van der Waals surface area contributed by atoms with Crippen LogP contribution in [0.1, 0.15) is 23.1 Å². The van der Waals surface area contributed by atoms with E-state index in [4.69, 9.17) is 9.47 Å². The number of nitrogens with zero attached hydrogens (tertiary/aromatic N) is 1. The van der Waals surface area contributed by atoms with Gasteiger partial charge in [-0.2, -0.15) is 0 Å². The first kappa shape index (κ1) is 22.7. The van der Waals surface area contributed by atoms with E-state index in [1.54, 1.807) is 37.7 Å². The van der Waals surface area contributed by atoms with Crippen LogP contribution < -0.4 is 9.47 Å². The normalized spacial score (nSPS) is 11.3. The largest absolute Gasteiger partial charge is 0.496 e. The number of H-pyrrole nitrogens is 1. The summed E-state index contributed by atoms with van der Waals surface area (Å²) < 4.78 is 11.2. The van der Waals surface area contributed by atoms with Crippen molar-refractivity contribution >= 4 is 34.6 Å². The number of allylic oxidation sites excluding steroid dienone is 2. The number of carbonyl (C=O) groups is 2. The number of ether oxygens (including phenoxy) is 2. The van der Waals surface area contributed by atoms with Crippen molar-refractivity contribution in [3.05, 3.63) is 102 Å². The van der Waals surface area contributed by atoms with E-state index in [2.05, 4.69) is 9.97 Å². The van der Waals surface area contributed by atoms with Crippen LogP contribution in [0.2, 0.25) is 0 Å². The van der Waals surface area contributed by atoms with E-state index >= 15 is 0 Å². The highest BCUT2D eigenvalue weighted by molar-refractivity contribution is 6.11. The maximum Gasteiger partial charge on any atom is 0.163 e. The summed E-state index contributed by atoms with van der Waals surface area (Å²) >= 11 is 0. The summed E-state index contributed by atoms with van der Waals surface area (Å²) in [6.07, 6.45) is 11.3. The third kappa shape index (κ3) is 5.86. The van der Waals surface area contributed by atoms with E-state index in [0.717, 1.165) is 22.0 Å². The van der Waals surface area contributed by atoms with Crippen molar-refractivity contribution in [3.8, 4) is 11.5 Å². The molecule has 0 saturated carbocycles. The maximum absolute atomic E-state index is 12.3. The quantitative estimate of drug-likeness (QED) is 0.257. The van der Waals surface area contributed by atoms with Gasteiger partial charge in [0.1, 0.15) is 18.1 Å². The number of pyridine rings is 1. The lowest BCUT2D eigenvalue weighted by Gasteiger charge is -2.10. The SMILES string of the molecule is COc1cc(OCc2ccncc2)ccc1C=CC(=O)CC(=O)C=Cc1cccc2[nH]ccc12. The minimum atomic E-state index is -0.283. The maximum atomic E-state index is 12.3. The molecule has 2 aromatic carbocycles. The average Bonchev–Trinajstić information content (AvgIpc) is 3.35. The van der Waals surface area contributed by atoms with Crippen molar-refractivity contribution in [2.45, 2.75) is 13.0 Å². The van der Waals surface area contributed by atoms with Crippen molar-refractivity contribution in [3.63, 3.8) is 0 Å². The Bertz CT molecular complexity index is 1350. The number of nitrogens with one attached hydrogen (secondary N) is 1. The molecule has 0 unspecified atom stereocenters. The molecule has 4 aromatic rings. The van der Waals surface area contributed by atoms with Crippen LogP contribution in [-0.2, 0) is 16.2 Å². The molecule has 0 aliphatic carbocycles. The molecule has 0 aliphatic heterocycles. The molecule has 0 bridgehead atoms. The van der Waals surface area contributed by atoms with Crippen LogP contribution in [-0.4, -0.2) is 28.6 Å². The lowest BCUT2D eigenvalue weighted by atomic mass is 10.1. The minimum Gasteiger partial charge on any atom is -0.496 e. The first-order chi connectivity index (χ1) is 16.6. The van der Waals surface area contributed by atoms with Crippen LogP contribution in [0.5, 0.6) is 11.5 Å². The molecule has 0 aliphatic rings. The Kier molecular flexibility index (Phi) is 7.30. The van der Waals surface area contributed by atoms with E-state index in [-0.39, 0.29) is 18.0 Å². The number of hydrogen-bond donors (Lipinski definition) is 1. The van der Waals surface area contributed by atoms with Crippen LogP contribution >= 0.6 is 0 Å². The Labute approximate surface area is 197 Å². The number of ketones is 2. The lowest BCUT2D eigenvalue weighted by molar-refractivity contribution is -0.121. The number of aromatic amines is 1. The average molecular weight is 453 g/mol. The molecule has 0 fully saturated rings. The molecular weight excluding hydrogens is 428 g/mol. The van der Waals surface area contributed by atoms with Gasteiger partial charge in [0.25, 0.3) is 0 Å². The van der Waals surface area contributed by atoms with Gasteiger partial charge in [0, 0.05) is 41.1 Å². The molecule has 1 N–H and O–H groups in total. The summed E-state index contributed by atoms with van der Waals surface area (Å²) in [5.74, 6) is 0.681. The number of hydrogen-bond acceptors (Lipinski definition) is 5. The second kappa shape index (κ2) is 10.9. The fraction of sp³-hybridized carbons (Fsp3) is 0.107. The number of fused-ring (bicyclic) bond motifs is 1. The zero-order chi connectivity index (χ0) is 23.8. The number of aromatic nitrogens is 2. The molecule has 170 valence electrons. The van der Waals surface area contributed by atoms with Crippen molar-refractivity contribution < 1.29 is 19.1 Å². The first-order valence-electron chi connectivity index (χ1n) is 10.8. The molecule has 0 spiro atoms. The predicted octanol–water partition coefficient (Wildman–Crippen LogP) is 5.41. The number of methoxy groups -OCH3 is 1. The van der Waals surface area contributed by atoms with Gasteiger partial charge in [-0.1, -0.05) is 18.2 Å². The summed E-state index contributed by atoms with van der Waals surface area (Å²) in [4.78, 5) is 31.7. The fourth-order valence-corrected chi connectivity index (χ4v) is 3.47. The van der Waals surface area contributed by atoms with Gasteiger partial charge < -0.3 is 14.5 Å². The van der Waals surface area contributed by atoms with Gasteiger partial charge >= 0.3 is 0 Å². The van der Waals surface area contributed by atoms with Gasteiger partial charge in [-0.05, 0) is 65.8 Å². The molecule has 0 amide bonds. The standard InChI is InChI=1S/C28H24N2O4/c1-33-28-18-25(34-19-20-11-14-29-15-12-20)10-7-22(28)6-9-24(32)17-23(31)8-5-21-3-2-4-27-26(21)13-16-30-27/h2-16,18,30H,17,19H2,1H3. The topological polar surface area (TPSA) is 81.3 Å². The minimum absolute atomic E-state index is 0.203. The number of carbonyl (C=O) groups excluding carboxylic acids is 2. The van der Waals surface area contributed by atoms with Crippen molar-refractivity contribution in [1.29, 1.82) is 0 Å². The Morgan fingerprint density at radius 1 is 0.941 bits per heavy atom. The molecule has 2 aromatic heterocycles. The van der Waals surface area contributed by atoms with Crippen molar-refractivity contribution in [1.82, 2.24) is 9.97 Å². The second-order valence-corrected chi connectivity index (χ2v) is 7.61. The molecule has 0 atom stereocenters. The van der Waals surface area contributed by atoms with Crippen LogP contribution in [0.25, 0.3) is 23.1 Å². The van der Waals surface area contributed by atoms with E-state index < -0.39 is 0 Å². The molecule has 2 heterocycles. The monoisotopic (exact) mass is 452 g/mol. The molecule has 0 radical (unpaired) electrons. The number of benzene rings is 2. The summed E-state index contributed by atoms with van der Waals surface area (Å²) in [6, 6.07) is 16.9. The van der Waals surface area contributed by atoms with Crippen molar-refractivity contribution in [2.24, 2.45) is 0 Å². The highest BCUT2D eigenvalue weighted by Gasteiger charge is 2.07. The smallest absolute Gasteiger partial charge is 0.163 e. The summed E-state index contributed by atoms with van der Waals surface area (Å²) in [7, 11) is 1.56.